The summed E-state index contributed by atoms with van der Waals surface area (Å²) in [7, 11) is -4.04. The van der Waals surface area contributed by atoms with E-state index in [9.17, 15) is 18.5 Å². The maximum Gasteiger partial charge on any atom is 0.270 e. The molecule has 0 aliphatic heterocycles. The monoisotopic (exact) mass is 394 g/mol. The van der Waals surface area contributed by atoms with Crippen LogP contribution in [0.5, 0.6) is 0 Å². The Morgan fingerprint density at radius 1 is 1.19 bits per heavy atom. The highest BCUT2D eigenvalue weighted by Crippen LogP contribution is 2.36. The van der Waals surface area contributed by atoms with Crippen LogP contribution in [0.25, 0.3) is 0 Å². The Hall–Kier alpha value is -2.33. The minimum atomic E-state index is -4.04. The largest absolute Gasteiger partial charge is 0.340 e. The van der Waals surface area contributed by atoms with Crippen LogP contribution in [0.3, 0.4) is 0 Å². The number of hydrogen-bond acceptors (Lipinski definition) is 7. The van der Waals surface area contributed by atoms with E-state index in [1.807, 2.05) is 0 Å². The molecule has 1 N–H and O–H groups in total. The summed E-state index contributed by atoms with van der Waals surface area (Å²) in [5, 5.41) is 15.1. The van der Waals surface area contributed by atoms with Gasteiger partial charge in [0.15, 0.2) is 5.82 Å². The smallest absolute Gasteiger partial charge is 0.270 e. The lowest BCUT2D eigenvalue weighted by atomic mass is 9.91. The van der Waals surface area contributed by atoms with Gasteiger partial charge in [-0.2, -0.15) is 9.71 Å². The standard InChI is InChI=1S/C17H22N4O5S/c1-12-7-8-14(21(22)23)11-15(12)27(24,25)20-17(9-5-3-4-6-10-17)16-18-13(2)26-19-16/h7-8,11,20H,3-6,9-10H2,1-2H3. The topological polar surface area (TPSA) is 128 Å². The molecule has 3 rings (SSSR count). The summed E-state index contributed by atoms with van der Waals surface area (Å²) in [5.74, 6) is 0.674. The first-order valence-corrected chi connectivity index (χ1v) is 10.3. The predicted octanol–water partition coefficient (Wildman–Crippen LogP) is 3.12. The van der Waals surface area contributed by atoms with Crippen molar-refractivity contribution in [3.63, 3.8) is 0 Å². The first-order valence-electron chi connectivity index (χ1n) is 8.83. The zero-order valence-corrected chi connectivity index (χ0v) is 16.1. The van der Waals surface area contributed by atoms with Crippen LogP contribution in [0.4, 0.5) is 5.69 Å². The SMILES string of the molecule is Cc1nc(C2(NS(=O)(=O)c3cc([N+](=O)[O-])ccc3C)CCCCCC2)no1. The van der Waals surface area contributed by atoms with Crippen LogP contribution in [-0.4, -0.2) is 23.5 Å². The van der Waals surface area contributed by atoms with Crippen LogP contribution in [0, 0.1) is 24.0 Å². The molecule has 1 aliphatic carbocycles. The number of nitrogens with one attached hydrogen (secondary N) is 1. The van der Waals surface area contributed by atoms with E-state index in [4.69, 9.17) is 4.52 Å². The molecule has 1 saturated carbocycles. The highest BCUT2D eigenvalue weighted by atomic mass is 32.2. The number of nitrogens with zero attached hydrogens (tertiary/aromatic N) is 3. The molecule has 9 nitrogen and oxygen atoms in total. The van der Waals surface area contributed by atoms with Crippen molar-refractivity contribution in [2.75, 3.05) is 0 Å². The fraction of sp³-hybridized carbons (Fsp3) is 0.529. The van der Waals surface area contributed by atoms with E-state index in [0.29, 0.717) is 30.1 Å². The highest BCUT2D eigenvalue weighted by molar-refractivity contribution is 7.89. The number of nitro benzene ring substituents is 1. The summed E-state index contributed by atoms with van der Waals surface area (Å²) in [5.41, 5.74) is -0.822. The van der Waals surface area contributed by atoms with Gasteiger partial charge in [-0.05, 0) is 25.3 Å². The van der Waals surface area contributed by atoms with Crippen molar-refractivity contribution in [1.29, 1.82) is 0 Å². The summed E-state index contributed by atoms with van der Waals surface area (Å²) in [6, 6.07) is 3.81. The molecule has 0 atom stereocenters. The zero-order chi connectivity index (χ0) is 19.7. The van der Waals surface area contributed by atoms with E-state index in [-0.39, 0.29) is 10.6 Å². The molecule has 0 radical (unpaired) electrons. The second-order valence-corrected chi connectivity index (χ2v) is 8.60. The Kier molecular flexibility index (Phi) is 5.29. The van der Waals surface area contributed by atoms with Gasteiger partial charge in [0, 0.05) is 19.1 Å². The van der Waals surface area contributed by atoms with Crippen LogP contribution >= 0.6 is 0 Å². The van der Waals surface area contributed by atoms with Crippen LogP contribution < -0.4 is 4.72 Å². The van der Waals surface area contributed by atoms with Crippen LogP contribution in [0.1, 0.15) is 55.8 Å². The lowest BCUT2D eigenvalue weighted by Crippen LogP contribution is -2.46. The van der Waals surface area contributed by atoms with E-state index in [1.54, 1.807) is 13.8 Å². The van der Waals surface area contributed by atoms with Crippen molar-refractivity contribution >= 4 is 15.7 Å². The second-order valence-electron chi connectivity index (χ2n) is 6.95. The van der Waals surface area contributed by atoms with Gasteiger partial charge in [0.1, 0.15) is 0 Å². The van der Waals surface area contributed by atoms with E-state index in [2.05, 4.69) is 14.9 Å². The molecule has 1 aromatic heterocycles. The summed E-state index contributed by atoms with van der Waals surface area (Å²) in [6.07, 6.45) is 4.72. The first-order chi connectivity index (χ1) is 12.7. The van der Waals surface area contributed by atoms with Gasteiger partial charge in [-0.3, -0.25) is 10.1 Å². The summed E-state index contributed by atoms with van der Waals surface area (Å²) < 4.78 is 34.2. The van der Waals surface area contributed by atoms with Crippen molar-refractivity contribution in [3.8, 4) is 0 Å². The Bertz CT molecular complexity index is 946. The second kappa shape index (κ2) is 7.35. The van der Waals surface area contributed by atoms with Gasteiger partial charge in [-0.1, -0.05) is 36.9 Å². The molecular weight excluding hydrogens is 372 g/mol. The van der Waals surface area contributed by atoms with E-state index in [1.165, 1.54) is 12.1 Å². The third-order valence-corrected chi connectivity index (χ3v) is 6.59. The van der Waals surface area contributed by atoms with E-state index < -0.39 is 20.5 Å². The van der Waals surface area contributed by atoms with Crippen LogP contribution in [-0.2, 0) is 15.6 Å². The average Bonchev–Trinajstić information content (AvgIpc) is 2.91. The summed E-state index contributed by atoms with van der Waals surface area (Å²) in [6.45, 7) is 3.26. The van der Waals surface area contributed by atoms with Gasteiger partial charge < -0.3 is 4.52 Å². The molecule has 0 bridgehead atoms. The van der Waals surface area contributed by atoms with Crippen molar-refractivity contribution < 1.29 is 17.9 Å². The summed E-state index contributed by atoms with van der Waals surface area (Å²) in [4.78, 5) is 14.6. The summed E-state index contributed by atoms with van der Waals surface area (Å²) >= 11 is 0. The average molecular weight is 394 g/mol. The normalized spacial score (nSPS) is 17.4. The molecule has 1 aliphatic rings. The number of sulfonamides is 1. The number of benzene rings is 1. The third kappa shape index (κ3) is 4.01. The van der Waals surface area contributed by atoms with E-state index in [0.717, 1.165) is 31.7 Å². The zero-order valence-electron chi connectivity index (χ0n) is 15.3. The molecule has 27 heavy (non-hydrogen) atoms. The molecular formula is C17H22N4O5S. The Balaban J connectivity index is 2.05. The maximum absolute atomic E-state index is 13.2. The lowest BCUT2D eigenvalue weighted by molar-refractivity contribution is -0.385. The highest BCUT2D eigenvalue weighted by Gasteiger charge is 2.41. The molecule has 0 amide bonds. The van der Waals surface area contributed by atoms with Crippen molar-refractivity contribution in [2.45, 2.75) is 62.8 Å². The molecule has 2 aromatic rings. The molecule has 1 aromatic carbocycles. The van der Waals surface area contributed by atoms with Gasteiger partial charge in [0.05, 0.1) is 15.4 Å². The van der Waals surface area contributed by atoms with Gasteiger partial charge in [-0.25, -0.2) is 8.42 Å². The molecule has 146 valence electrons. The van der Waals surface area contributed by atoms with Crippen LogP contribution in [0.2, 0.25) is 0 Å². The molecule has 0 saturated heterocycles. The van der Waals surface area contributed by atoms with E-state index >= 15 is 0 Å². The molecule has 1 heterocycles. The molecule has 0 unspecified atom stereocenters. The minimum Gasteiger partial charge on any atom is -0.340 e. The number of aromatic nitrogens is 2. The predicted molar refractivity (Wildman–Crippen MR) is 96.6 cm³/mol. The number of hydrogen-bond donors (Lipinski definition) is 1. The molecule has 1 fully saturated rings. The molecule has 10 heteroatoms. The number of rotatable bonds is 5. The van der Waals surface area contributed by atoms with Crippen molar-refractivity contribution in [3.05, 3.63) is 45.6 Å². The van der Waals surface area contributed by atoms with Gasteiger partial charge in [0.25, 0.3) is 5.69 Å². The molecule has 0 spiro atoms. The van der Waals surface area contributed by atoms with Gasteiger partial charge >= 0.3 is 0 Å². The quantitative estimate of drug-likeness (QED) is 0.468. The Morgan fingerprint density at radius 3 is 2.41 bits per heavy atom. The Morgan fingerprint density at radius 2 is 1.85 bits per heavy atom. The fourth-order valence-electron chi connectivity index (χ4n) is 3.50. The van der Waals surface area contributed by atoms with Gasteiger partial charge in [0.2, 0.25) is 15.9 Å². The number of non-ortho nitro benzene ring substituents is 1. The van der Waals surface area contributed by atoms with Crippen molar-refractivity contribution in [1.82, 2.24) is 14.9 Å². The van der Waals surface area contributed by atoms with Gasteiger partial charge in [-0.15, -0.1) is 0 Å². The fourth-order valence-corrected chi connectivity index (χ4v) is 5.19. The lowest BCUT2D eigenvalue weighted by Gasteiger charge is -2.30. The number of aryl methyl sites for hydroxylation is 2. The minimum absolute atomic E-state index is 0.111. The number of nitro groups is 1. The maximum atomic E-state index is 13.2. The first kappa shape index (κ1) is 19.4. The van der Waals surface area contributed by atoms with Crippen molar-refractivity contribution in [2.24, 2.45) is 0 Å². The third-order valence-electron chi connectivity index (χ3n) is 4.91. The van der Waals surface area contributed by atoms with Crippen LogP contribution in [0.15, 0.2) is 27.6 Å². The Labute approximate surface area is 157 Å².